The highest BCUT2D eigenvalue weighted by molar-refractivity contribution is 7.13. The van der Waals surface area contributed by atoms with E-state index in [1.165, 1.54) is 23.5 Å². The van der Waals surface area contributed by atoms with Crippen molar-refractivity contribution in [1.82, 2.24) is 0 Å². The third kappa shape index (κ3) is 1.40. The number of hydrogen-bond donors (Lipinski definition) is 3. The third-order valence-electron chi connectivity index (χ3n) is 1.88. The molecule has 0 radical (unpaired) electrons. The largest absolute Gasteiger partial charge is 0.504 e. The lowest BCUT2D eigenvalue weighted by atomic mass is 10.1. The van der Waals surface area contributed by atoms with Gasteiger partial charge in [0.05, 0.1) is 0 Å². The maximum absolute atomic E-state index is 9.27. The Balaban J connectivity index is 2.57. The molecule has 2 aromatic rings. The molecule has 0 bridgehead atoms. The fourth-order valence-corrected chi connectivity index (χ4v) is 1.90. The van der Waals surface area contributed by atoms with Gasteiger partial charge in [0.15, 0.2) is 17.2 Å². The first kappa shape index (κ1) is 8.90. The summed E-state index contributed by atoms with van der Waals surface area (Å²) in [6.07, 6.45) is 0. The standard InChI is InChI=1S/C10H8O3S/c11-7-4-6(5-8(12)10(7)13)9-2-1-3-14-9/h1-5,11-13H. The topological polar surface area (TPSA) is 60.7 Å². The van der Waals surface area contributed by atoms with Gasteiger partial charge in [-0.2, -0.15) is 0 Å². The van der Waals surface area contributed by atoms with Gasteiger partial charge in [0.2, 0.25) is 0 Å². The number of hydrogen-bond acceptors (Lipinski definition) is 4. The first-order valence-corrected chi connectivity index (χ1v) is 4.85. The van der Waals surface area contributed by atoms with Gasteiger partial charge in [-0.3, -0.25) is 0 Å². The van der Waals surface area contributed by atoms with Crippen molar-refractivity contribution in [2.45, 2.75) is 0 Å². The second-order valence-corrected chi connectivity index (χ2v) is 3.79. The number of benzene rings is 1. The molecule has 0 saturated heterocycles. The van der Waals surface area contributed by atoms with Crippen molar-refractivity contribution in [3.05, 3.63) is 29.6 Å². The van der Waals surface area contributed by atoms with E-state index in [0.717, 1.165) is 4.88 Å². The van der Waals surface area contributed by atoms with Crippen molar-refractivity contribution < 1.29 is 15.3 Å². The van der Waals surface area contributed by atoms with Crippen molar-refractivity contribution in [1.29, 1.82) is 0 Å². The van der Waals surface area contributed by atoms with Gasteiger partial charge in [-0.05, 0) is 29.1 Å². The van der Waals surface area contributed by atoms with E-state index in [2.05, 4.69) is 0 Å². The Hall–Kier alpha value is -1.68. The van der Waals surface area contributed by atoms with Crippen molar-refractivity contribution in [3.8, 4) is 27.7 Å². The van der Waals surface area contributed by atoms with Gasteiger partial charge >= 0.3 is 0 Å². The normalized spacial score (nSPS) is 10.3. The zero-order valence-corrected chi connectivity index (χ0v) is 7.95. The van der Waals surface area contributed by atoms with Crippen molar-refractivity contribution in [2.75, 3.05) is 0 Å². The fourth-order valence-electron chi connectivity index (χ4n) is 1.19. The van der Waals surface area contributed by atoms with Crippen LogP contribution in [0.25, 0.3) is 10.4 Å². The van der Waals surface area contributed by atoms with E-state index < -0.39 is 5.75 Å². The average Bonchev–Trinajstić information content (AvgIpc) is 2.66. The maximum atomic E-state index is 9.27. The Morgan fingerprint density at radius 1 is 1.00 bits per heavy atom. The molecule has 0 unspecified atom stereocenters. The highest BCUT2D eigenvalue weighted by Gasteiger charge is 2.09. The quantitative estimate of drug-likeness (QED) is 0.631. The molecule has 0 fully saturated rings. The summed E-state index contributed by atoms with van der Waals surface area (Å²) in [6.45, 7) is 0. The second kappa shape index (κ2) is 3.23. The van der Waals surface area contributed by atoms with Crippen LogP contribution < -0.4 is 0 Å². The summed E-state index contributed by atoms with van der Waals surface area (Å²) in [4.78, 5) is 0.926. The van der Waals surface area contributed by atoms with Crippen LogP contribution in [-0.4, -0.2) is 15.3 Å². The molecule has 1 heterocycles. The first-order valence-electron chi connectivity index (χ1n) is 3.97. The van der Waals surface area contributed by atoms with E-state index in [0.29, 0.717) is 5.56 Å². The predicted octanol–water partition coefficient (Wildman–Crippen LogP) is 2.53. The van der Waals surface area contributed by atoms with E-state index in [1.54, 1.807) is 0 Å². The van der Waals surface area contributed by atoms with E-state index in [1.807, 2.05) is 17.5 Å². The number of thiophene rings is 1. The molecule has 0 saturated carbocycles. The monoisotopic (exact) mass is 208 g/mol. The van der Waals surface area contributed by atoms with Crippen molar-refractivity contribution in [3.63, 3.8) is 0 Å². The van der Waals surface area contributed by atoms with Crippen LogP contribution in [0.15, 0.2) is 29.6 Å². The Kier molecular flexibility index (Phi) is 2.05. The molecule has 0 spiro atoms. The lowest BCUT2D eigenvalue weighted by Gasteiger charge is -2.03. The number of rotatable bonds is 1. The highest BCUT2D eigenvalue weighted by Crippen LogP contribution is 2.39. The Bertz CT molecular complexity index is 425. The van der Waals surface area contributed by atoms with Crippen LogP contribution in [0.4, 0.5) is 0 Å². The van der Waals surface area contributed by atoms with Crippen LogP contribution in [0.1, 0.15) is 0 Å². The predicted molar refractivity (Wildman–Crippen MR) is 54.7 cm³/mol. The third-order valence-corrected chi connectivity index (χ3v) is 2.79. The Morgan fingerprint density at radius 2 is 1.64 bits per heavy atom. The second-order valence-electron chi connectivity index (χ2n) is 2.84. The van der Waals surface area contributed by atoms with Gasteiger partial charge in [-0.25, -0.2) is 0 Å². The lowest BCUT2D eigenvalue weighted by molar-refractivity contribution is 0.368. The molecule has 14 heavy (non-hydrogen) atoms. The molecule has 0 atom stereocenters. The molecule has 0 aliphatic carbocycles. The molecule has 3 nitrogen and oxygen atoms in total. The summed E-state index contributed by atoms with van der Waals surface area (Å²) in [5, 5.41) is 29.6. The summed E-state index contributed by atoms with van der Waals surface area (Å²) >= 11 is 1.50. The summed E-state index contributed by atoms with van der Waals surface area (Å²) in [6, 6.07) is 6.58. The van der Waals surface area contributed by atoms with Crippen LogP contribution in [0.5, 0.6) is 17.2 Å². The molecule has 3 N–H and O–H groups in total. The minimum atomic E-state index is -0.481. The average molecular weight is 208 g/mol. The molecule has 0 aliphatic rings. The number of phenolic OH excluding ortho intramolecular Hbond substituents is 3. The molecular weight excluding hydrogens is 200 g/mol. The summed E-state index contributed by atoms with van der Waals surface area (Å²) in [5.74, 6) is -1.10. The lowest BCUT2D eigenvalue weighted by Crippen LogP contribution is -1.75. The maximum Gasteiger partial charge on any atom is 0.200 e. The van der Waals surface area contributed by atoms with Crippen LogP contribution in [0, 0.1) is 0 Å². The molecular formula is C10H8O3S. The minimum Gasteiger partial charge on any atom is -0.504 e. The highest BCUT2D eigenvalue weighted by atomic mass is 32.1. The van der Waals surface area contributed by atoms with Crippen LogP contribution >= 0.6 is 11.3 Å². The summed E-state index contributed by atoms with van der Waals surface area (Å²) in [7, 11) is 0. The Morgan fingerprint density at radius 3 is 2.14 bits per heavy atom. The number of phenols is 3. The summed E-state index contributed by atoms with van der Waals surface area (Å²) in [5.41, 5.74) is 0.688. The number of aromatic hydroxyl groups is 3. The van der Waals surface area contributed by atoms with Crippen molar-refractivity contribution >= 4 is 11.3 Å². The summed E-state index contributed by atoms with van der Waals surface area (Å²) < 4.78 is 0. The zero-order valence-electron chi connectivity index (χ0n) is 7.14. The SMILES string of the molecule is Oc1cc(-c2cccs2)cc(O)c1O. The molecule has 0 amide bonds. The van der Waals surface area contributed by atoms with Gasteiger partial charge in [0.1, 0.15) is 0 Å². The molecule has 1 aromatic carbocycles. The molecule has 4 heteroatoms. The first-order chi connectivity index (χ1) is 6.68. The zero-order chi connectivity index (χ0) is 10.1. The molecule has 1 aromatic heterocycles. The molecule has 0 aliphatic heterocycles. The van der Waals surface area contributed by atoms with E-state index in [4.69, 9.17) is 5.11 Å². The van der Waals surface area contributed by atoms with E-state index >= 15 is 0 Å². The van der Waals surface area contributed by atoms with Crippen molar-refractivity contribution in [2.24, 2.45) is 0 Å². The van der Waals surface area contributed by atoms with Gasteiger partial charge in [0.25, 0.3) is 0 Å². The van der Waals surface area contributed by atoms with Gasteiger partial charge < -0.3 is 15.3 Å². The van der Waals surface area contributed by atoms with E-state index in [9.17, 15) is 10.2 Å². The fraction of sp³-hybridized carbons (Fsp3) is 0. The van der Waals surface area contributed by atoms with Gasteiger partial charge in [-0.15, -0.1) is 11.3 Å². The Labute approximate surface area is 84.5 Å². The molecule has 2 rings (SSSR count). The van der Waals surface area contributed by atoms with Crippen LogP contribution in [0.3, 0.4) is 0 Å². The van der Waals surface area contributed by atoms with Crippen LogP contribution in [0.2, 0.25) is 0 Å². The minimum absolute atomic E-state index is 0.312. The smallest absolute Gasteiger partial charge is 0.200 e. The van der Waals surface area contributed by atoms with Gasteiger partial charge in [-0.1, -0.05) is 6.07 Å². The van der Waals surface area contributed by atoms with Gasteiger partial charge in [0, 0.05) is 4.88 Å². The van der Waals surface area contributed by atoms with E-state index in [-0.39, 0.29) is 11.5 Å². The van der Waals surface area contributed by atoms with Crippen LogP contribution in [-0.2, 0) is 0 Å². The molecule has 72 valence electrons.